The van der Waals surface area contributed by atoms with E-state index >= 15 is 0 Å². The Morgan fingerprint density at radius 1 is 1.45 bits per heavy atom. The Bertz CT molecular complexity index is 627. The number of hydrogen-bond donors (Lipinski definition) is 1. The van der Waals surface area contributed by atoms with Gasteiger partial charge in [-0.15, -0.1) is 0 Å². The van der Waals surface area contributed by atoms with Crippen LogP contribution in [0.25, 0.3) is 0 Å². The molecule has 1 saturated carbocycles. The maximum absolute atomic E-state index is 11.9. The molecule has 0 bridgehead atoms. The van der Waals surface area contributed by atoms with Crippen LogP contribution < -0.4 is 9.62 Å². The molecule has 1 aliphatic rings. The van der Waals surface area contributed by atoms with Gasteiger partial charge in [-0.25, -0.2) is 8.42 Å². The third kappa shape index (κ3) is 3.86. The highest BCUT2D eigenvalue weighted by Crippen LogP contribution is 2.25. The second-order valence-corrected chi connectivity index (χ2v) is 7.39. The van der Waals surface area contributed by atoms with Crippen LogP contribution >= 0.6 is 11.6 Å². The van der Waals surface area contributed by atoms with Crippen molar-refractivity contribution in [3.63, 3.8) is 0 Å². The molecule has 0 radical (unpaired) electrons. The van der Waals surface area contributed by atoms with Gasteiger partial charge in [0.1, 0.15) is 6.54 Å². The Kier molecular flexibility index (Phi) is 4.25. The fourth-order valence-electron chi connectivity index (χ4n) is 1.91. The maximum Gasteiger partial charge on any atom is 0.240 e. The molecule has 1 aromatic rings. The number of hydrogen-bond acceptors (Lipinski definition) is 3. The summed E-state index contributed by atoms with van der Waals surface area (Å²) in [5.74, 6) is -0.285. The Balaban J connectivity index is 2.25. The number of rotatable bonds is 5. The van der Waals surface area contributed by atoms with Gasteiger partial charge in [-0.3, -0.25) is 9.10 Å². The zero-order chi connectivity index (χ0) is 14.9. The van der Waals surface area contributed by atoms with Crippen LogP contribution in [0.4, 0.5) is 5.69 Å². The Morgan fingerprint density at radius 2 is 2.10 bits per heavy atom. The molecular weight excluding hydrogens is 300 g/mol. The van der Waals surface area contributed by atoms with Crippen molar-refractivity contribution in [2.75, 3.05) is 17.1 Å². The largest absolute Gasteiger partial charge is 0.352 e. The van der Waals surface area contributed by atoms with Gasteiger partial charge in [0.25, 0.3) is 0 Å². The average Bonchev–Trinajstić information content (AvgIpc) is 3.09. The topological polar surface area (TPSA) is 66.5 Å². The second kappa shape index (κ2) is 5.61. The molecule has 0 aliphatic heterocycles. The van der Waals surface area contributed by atoms with Gasteiger partial charge in [-0.2, -0.15) is 0 Å². The van der Waals surface area contributed by atoms with Gasteiger partial charge < -0.3 is 5.32 Å². The Labute approximate surface area is 124 Å². The SMILES string of the molecule is Cc1cc(Cl)ccc1N(CC(=O)NC1CC1)S(C)(=O)=O. The van der Waals surface area contributed by atoms with Crippen molar-refractivity contribution in [3.05, 3.63) is 28.8 Å². The molecule has 1 amide bonds. The first-order chi connectivity index (χ1) is 9.27. The monoisotopic (exact) mass is 316 g/mol. The smallest absolute Gasteiger partial charge is 0.240 e. The van der Waals surface area contributed by atoms with Gasteiger partial charge in [-0.1, -0.05) is 11.6 Å². The molecule has 20 heavy (non-hydrogen) atoms. The fraction of sp³-hybridized carbons (Fsp3) is 0.462. The minimum absolute atomic E-state index is 0.204. The number of halogens is 1. The van der Waals surface area contributed by atoms with Gasteiger partial charge in [0, 0.05) is 11.1 Å². The van der Waals surface area contributed by atoms with Gasteiger partial charge in [-0.05, 0) is 43.5 Å². The number of carbonyl (C=O) groups is 1. The number of carbonyl (C=O) groups excluding carboxylic acids is 1. The van der Waals surface area contributed by atoms with E-state index in [0.717, 1.165) is 23.4 Å². The molecule has 0 unspecified atom stereocenters. The summed E-state index contributed by atoms with van der Waals surface area (Å²) in [6, 6.07) is 5.10. The molecule has 0 spiro atoms. The Morgan fingerprint density at radius 3 is 2.60 bits per heavy atom. The molecule has 1 aliphatic carbocycles. The summed E-state index contributed by atoms with van der Waals surface area (Å²) < 4.78 is 24.9. The number of benzene rings is 1. The molecule has 0 aromatic heterocycles. The molecule has 0 atom stereocenters. The van der Waals surface area contributed by atoms with E-state index in [2.05, 4.69) is 5.32 Å². The average molecular weight is 317 g/mol. The molecule has 7 heteroatoms. The van der Waals surface area contributed by atoms with E-state index < -0.39 is 10.0 Å². The van der Waals surface area contributed by atoms with Gasteiger partial charge in [0.15, 0.2) is 0 Å². The summed E-state index contributed by atoms with van der Waals surface area (Å²) in [4.78, 5) is 11.9. The van der Waals surface area contributed by atoms with Crippen LogP contribution in [0.5, 0.6) is 0 Å². The lowest BCUT2D eigenvalue weighted by Crippen LogP contribution is -2.41. The first-order valence-corrected chi connectivity index (χ1v) is 8.53. The lowest BCUT2D eigenvalue weighted by atomic mass is 10.2. The van der Waals surface area contributed by atoms with Crippen molar-refractivity contribution in [1.29, 1.82) is 0 Å². The van der Waals surface area contributed by atoms with E-state index in [1.165, 1.54) is 0 Å². The first-order valence-electron chi connectivity index (χ1n) is 6.30. The van der Waals surface area contributed by atoms with Crippen LogP contribution in [0.2, 0.25) is 5.02 Å². The highest BCUT2D eigenvalue weighted by molar-refractivity contribution is 7.92. The number of sulfonamides is 1. The summed E-state index contributed by atoms with van der Waals surface area (Å²) >= 11 is 5.87. The lowest BCUT2D eigenvalue weighted by Gasteiger charge is -2.23. The van der Waals surface area contributed by atoms with Crippen LogP contribution in [0, 0.1) is 6.92 Å². The highest BCUT2D eigenvalue weighted by Gasteiger charge is 2.27. The van der Waals surface area contributed by atoms with Crippen LogP contribution in [0.1, 0.15) is 18.4 Å². The lowest BCUT2D eigenvalue weighted by molar-refractivity contribution is -0.119. The van der Waals surface area contributed by atoms with E-state index in [9.17, 15) is 13.2 Å². The molecule has 110 valence electrons. The quantitative estimate of drug-likeness (QED) is 0.899. The van der Waals surface area contributed by atoms with Gasteiger partial charge in [0.05, 0.1) is 11.9 Å². The van der Waals surface area contributed by atoms with Crippen LogP contribution in [-0.2, 0) is 14.8 Å². The van der Waals surface area contributed by atoms with Crippen LogP contribution in [-0.4, -0.2) is 33.2 Å². The molecule has 0 heterocycles. The molecule has 1 N–H and O–H groups in total. The molecule has 2 rings (SSSR count). The van der Waals surface area contributed by atoms with E-state index in [-0.39, 0.29) is 18.5 Å². The van der Waals surface area contributed by atoms with E-state index in [1.54, 1.807) is 25.1 Å². The predicted molar refractivity (Wildman–Crippen MR) is 79.5 cm³/mol. The standard InChI is InChI=1S/C13H17ClN2O3S/c1-9-7-10(14)3-6-12(9)16(20(2,18)19)8-13(17)15-11-4-5-11/h3,6-7,11H,4-5,8H2,1-2H3,(H,15,17). The number of anilines is 1. The minimum Gasteiger partial charge on any atom is -0.352 e. The third-order valence-electron chi connectivity index (χ3n) is 3.06. The molecular formula is C13H17ClN2O3S. The number of amides is 1. The molecule has 1 aromatic carbocycles. The van der Waals surface area contributed by atoms with E-state index in [0.29, 0.717) is 16.3 Å². The summed E-state index contributed by atoms with van der Waals surface area (Å²) in [6.45, 7) is 1.55. The zero-order valence-electron chi connectivity index (χ0n) is 11.4. The molecule has 0 saturated heterocycles. The first kappa shape index (κ1) is 15.1. The summed E-state index contributed by atoms with van der Waals surface area (Å²) in [5, 5.41) is 3.32. The maximum atomic E-state index is 11.9. The van der Waals surface area contributed by atoms with Crippen molar-refractivity contribution in [1.82, 2.24) is 5.32 Å². The fourth-order valence-corrected chi connectivity index (χ4v) is 3.05. The van der Waals surface area contributed by atoms with E-state index in [4.69, 9.17) is 11.6 Å². The summed E-state index contributed by atoms with van der Waals surface area (Å²) in [5.41, 5.74) is 1.19. The summed E-state index contributed by atoms with van der Waals surface area (Å²) in [6.07, 6.45) is 3.01. The zero-order valence-corrected chi connectivity index (χ0v) is 13.0. The molecule has 1 fully saturated rings. The van der Waals surface area contributed by atoms with E-state index in [1.807, 2.05) is 0 Å². The van der Waals surface area contributed by atoms with Crippen molar-refractivity contribution in [3.8, 4) is 0 Å². The minimum atomic E-state index is -3.53. The normalized spacial score (nSPS) is 14.9. The number of nitrogens with zero attached hydrogens (tertiary/aromatic N) is 1. The second-order valence-electron chi connectivity index (χ2n) is 5.04. The third-order valence-corrected chi connectivity index (χ3v) is 4.42. The summed E-state index contributed by atoms with van der Waals surface area (Å²) in [7, 11) is -3.53. The van der Waals surface area contributed by atoms with Crippen LogP contribution in [0.3, 0.4) is 0 Å². The van der Waals surface area contributed by atoms with Crippen molar-refractivity contribution < 1.29 is 13.2 Å². The van der Waals surface area contributed by atoms with Crippen molar-refractivity contribution in [2.45, 2.75) is 25.8 Å². The Hall–Kier alpha value is -1.27. The number of nitrogens with one attached hydrogen (secondary N) is 1. The van der Waals surface area contributed by atoms with Crippen LogP contribution in [0.15, 0.2) is 18.2 Å². The van der Waals surface area contributed by atoms with Crippen molar-refractivity contribution in [2.24, 2.45) is 0 Å². The van der Waals surface area contributed by atoms with Gasteiger partial charge >= 0.3 is 0 Å². The van der Waals surface area contributed by atoms with Gasteiger partial charge in [0.2, 0.25) is 15.9 Å². The molecule has 5 nitrogen and oxygen atoms in total. The number of aryl methyl sites for hydroxylation is 1. The van der Waals surface area contributed by atoms with Crippen molar-refractivity contribution >= 4 is 33.2 Å². The highest BCUT2D eigenvalue weighted by atomic mass is 35.5. The predicted octanol–water partition coefficient (Wildman–Crippen LogP) is 1.69.